The summed E-state index contributed by atoms with van der Waals surface area (Å²) in [5.41, 5.74) is 4.92. The van der Waals surface area contributed by atoms with Crippen molar-refractivity contribution in [2.75, 3.05) is 0 Å². The summed E-state index contributed by atoms with van der Waals surface area (Å²) in [5, 5.41) is 10.8. The SMILES string of the molecule is O=[N+]([O-])c1ccc(C=Nc2ccc(C3c4ccccc4Oc4ncccc43)cc2)cc1. The second-order valence-corrected chi connectivity index (χ2v) is 7.17. The number of hydrogen-bond donors (Lipinski definition) is 0. The third-order valence-corrected chi connectivity index (χ3v) is 5.24. The topological polar surface area (TPSA) is 77.6 Å². The number of hydrogen-bond acceptors (Lipinski definition) is 5. The van der Waals surface area contributed by atoms with Crippen LogP contribution in [0.4, 0.5) is 11.4 Å². The normalized spacial score (nSPS) is 14.5. The number of pyridine rings is 1. The molecule has 0 radical (unpaired) electrons. The summed E-state index contributed by atoms with van der Waals surface area (Å²) >= 11 is 0. The Hall–Kier alpha value is -4.32. The molecule has 1 unspecified atom stereocenters. The van der Waals surface area contributed by atoms with Crippen molar-refractivity contribution < 1.29 is 9.66 Å². The first kappa shape index (κ1) is 18.7. The quantitative estimate of drug-likeness (QED) is 0.207. The number of aromatic nitrogens is 1. The Balaban J connectivity index is 1.44. The highest BCUT2D eigenvalue weighted by molar-refractivity contribution is 5.82. The second-order valence-electron chi connectivity index (χ2n) is 7.17. The van der Waals surface area contributed by atoms with Gasteiger partial charge in [0.1, 0.15) is 5.75 Å². The van der Waals surface area contributed by atoms with Crippen molar-refractivity contribution >= 4 is 17.6 Å². The molecule has 31 heavy (non-hydrogen) atoms. The molecule has 0 saturated heterocycles. The molecular weight excluding hydrogens is 390 g/mol. The lowest BCUT2D eigenvalue weighted by atomic mass is 9.84. The molecule has 0 N–H and O–H groups in total. The average molecular weight is 407 g/mol. The van der Waals surface area contributed by atoms with E-state index in [1.54, 1.807) is 24.5 Å². The summed E-state index contributed by atoms with van der Waals surface area (Å²) in [4.78, 5) is 19.3. The van der Waals surface area contributed by atoms with Gasteiger partial charge in [0.25, 0.3) is 5.69 Å². The Bertz CT molecular complexity index is 1240. The molecule has 0 aliphatic carbocycles. The van der Waals surface area contributed by atoms with E-state index in [0.717, 1.165) is 33.7 Å². The fourth-order valence-corrected chi connectivity index (χ4v) is 3.74. The highest BCUT2D eigenvalue weighted by Gasteiger charge is 2.28. The van der Waals surface area contributed by atoms with Crippen LogP contribution in [-0.4, -0.2) is 16.1 Å². The Morgan fingerprint density at radius 1 is 0.903 bits per heavy atom. The first-order valence-corrected chi connectivity index (χ1v) is 9.79. The molecule has 6 nitrogen and oxygen atoms in total. The van der Waals surface area contributed by atoms with Crippen LogP contribution < -0.4 is 4.74 Å². The van der Waals surface area contributed by atoms with Crippen LogP contribution >= 0.6 is 0 Å². The number of fused-ring (bicyclic) bond motifs is 2. The molecule has 3 aromatic carbocycles. The zero-order chi connectivity index (χ0) is 21.2. The van der Waals surface area contributed by atoms with Crippen molar-refractivity contribution in [3.63, 3.8) is 0 Å². The van der Waals surface area contributed by atoms with E-state index < -0.39 is 4.92 Å². The van der Waals surface area contributed by atoms with Gasteiger partial charge in [-0.2, -0.15) is 0 Å². The van der Waals surface area contributed by atoms with Crippen LogP contribution in [-0.2, 0) is 0 Å². The summed E-state index contributed by atoms with van der Waals surface area (Å²) in [6.07, 6.45) is 3.43. The molecule has 0 saturated carbocycles. The van der Waals surface area contributed by atoms with Gasteiger partial charge in [-0.05, 0) is 47.5 Å². The zero-order valence-electron chi connectivity index (χ0n) is 16.4. The van der Waals surface area contributed by atoms with Crippen LogP contribution in [0.5, 0.6) is 11.6 Å². The first-order valence-electron chi connectivity index (χ1n) is 9.79. The van der Waals surface area contributed by atoms with Gasteiger partial charge in [0, 0.05) is 41.6 Å². The molecule has 2 heterocycles. The zero-order valence-corrected chi connectivity index (χ0v) is 16.4. The molecule has 5 rings (SSSR count). The average Bonchev–Trinajstić information content (AvgIpc) is 2.82. The van der Waals surface area contributed by atoms with Gasteiger partial charge in [-0.1, -0.05) is 36.4 Å². The van der Waals surface area contributed by atoms with E-state index in [1.165, 1.54) is 12.1 Å². The van der Waals surface area contributed by atoms with Crippen molar-refractivity contribution in [1.82, 2.24) is 4.98 Å². The molecule has 1 atom stereocenters. The standard InChI is InChI=1S/C25H17N3O3/c29-28(30)20-13-7-17(8-14-20)16-27-19-11-9-18(10-12-19)24-21-4-1-2-6-23(21)31-25-22(24)5-3-15-26-25/h1-16,24H. The van der Waals surface area contributed by atoms with E-state index in [4.69, 9.17) is 4.74 Å². The number of nitrogens with zero attached hydrogens (tertiary/aromatic N) is 3. The lowest BCUT2D eigenvalue weighted by Crippen LogP contribution is -2.12. The van der Waals surface area contributed by atoms with Crippen molar-refractivity contribution in [1.29, 1.82) is 0 Å². The van der Waals surface area contributed by atoms with E-state index in [0.29, 0.717) is 5.88 Å². The van der Waals surface area contributed by atoms with Crippen LogP contribution in [0.25, 0.3) is 0 Å². The fourth-order valence-electron chi connectivity index (χ4n) is 3.74. The Morgan fingerprint density at radius 3 is 2.42 bits per heavy atom. The number of para-hydroxylation sites is 1. The van der Waals surface area contributed by atoms with Crippen molar-refractivity contribution in [2.45, 2.75) is 5.92 Å². The number of benzene rings is 3. The molecule has 150 valence electrons. The van der Waals surface area contributed by atoms with Gasteiger partial charge in [0.15, 0.2) is 0 Å². The van der Waals surface area contributed by atoms with E-state index in [9.17, 15) is 10.1 Å². The van der Waals surface area contributed by atoms with Crippen LogP contribution in [0.1, 0.15) is 28.2 Å². The Morgan fingerprint density at radius 2 is 1.65 bits per heavy atom. The lowest BCUT2D eigenvalue weighted by molar-refractivity contribution is -0.384. The number of nitro groups is 1. The smallest absolute Gasteiger partial charge is 0.269 e. The van der Waals surface area contributed by atoms with Crippen molar-refractivity contribution in [3.05, 3.63) is 123 Å². The molecular formula is C25H17N3O3. The predicted molar refractivity (Wildman–Crippen MR) is 118 cm³/mol. The predicted octanol–water partition coefficient (Wildman–Crippen LogP) is 6.03. The first-order chi connectivity index (χ1) is 15.2. The van der Waals surface area contributed by atoms with Crippen LogP contribution in [0, 0.1) is 10.1 Å². The number of aliphatic imine (C=N–C) groups is 1. The van der Waals surface area contributed by atoms with E-state index >= 15 is 0 Å². The maximum absolute atomic E-state index is 10.8. The van der Waals surface area contributed by atoms with Crippen molar-refractivity contribution in [2.24, 2.45) is 4.99 Å². The molecule has 1 aliphatic heterocycles. The number of ether oxygens (including phenoxy) is 1. The maximum atomic E-state index is 10.8. The molecule has 4 aromatic rings. The largest absolute Gasteiger partial charge is 0.438 e. The summed E-state index contributed by atoms with van der Waals surface area (Å²) in [6.45, 7) is 0. The number of rotatable bonds is 4. The van der Waals surface area contributed by atoms with E-state index in [1.807, 2.05) is 42.5 Å². The fraction of sp³-hybridized carbons (Fsp3) is 0.0400. The van der Waals surface area contributed by atoms with Crippen LogP contribution in [0.3, 0.4) is 0 Å². The summed E-state index contributed by atoms with van der Waals surface area (Å²) in [5.74, 6) is 1.48. The van der Waals surface area contributed by atoms with E-state index in [2.05, 4.69) is 28.2 Å². The third-order valence-electron chi connectivity index (χ3n) is 5.24. The molecule has 6 heteroatoms. The van der Waals surface area contributed by atoms with Gasteiger partial charge in [-0.3, -0.25) is 15.1 Å². The monoisotopic (exact) mass is 407 g/mol. The Labute approximate surface area is 178 Å². The molecule has 0 amide bonds. The van der Waals surface area contributed by atoms with Gasteiger partial charge in [0.2, 0.25) is 5.88 Å². The lowest BCUT2D eigenvalue weighted by Gasteiger charge is -2.27. The van der Waals surface area contributed by atoms with Gasteiger partial charge in [0.05, 0.1) is 10.6 Å². The van der Waals surface area contributed by atoms with Crippen LogP contribution in [0.2, 0.25) is 0 Å². The summed E-state index contributed by atoms with van der Waals surface area (Å²) in [7, 11) is 0. The molecule has 1 aromatic heterocycles. The maximum Gasteiger partial charge on any atom is 0.269 e. The van der Waals surface area contributed by atoms with Gasteiger partial charge >= 0.3 is 0 Å². The molecule has 0 fully saturated rings. The van der Waals surface area contributed by atoms with Gasteiger partial charge < -0.3 is 4.74 Å². The van der Waals surface area contributed by atoms with Gasteiger partial charge in [-0.15, -0.1) is 0 Å². The number of nitro benzene ring substituents is 1. The highest BCUT2D eigenvalue weighted by atomic mass is 16.6. The minimum absolute atomic E-state index is 0.0290. The molecule has 1 aliphatic rings. The second kappa shape index (κ2) is 7.84. The van der Waals surface area contributed by atoms with Crippen LogP contribution in [0.15, 0.2) is 96.1 Å². The minimum atomic E-state index is -0.415. The summed E-state index contributed by atoms with van der Waals surface area (Å²) < 4.78 is 5.99. The van der Waals surface area contributed by atoms with Gasteiger partial charge in [-0.25, -0.2) is 4.98 Å². The highest BCUT2D eigenvalue weighted by Crippen LogP contribution is 2.46. The molecule has 0 spiro atoms. The number of non-ortho nitro benzene ring substituents is 1. The summed E-state index contributed by atoms with van der Waals surface area (Å²) in [6, 6.07) is 26.3. The third kappa shape index (κ3) is 3.67. The molecule has 0 bridgehead atoms. The van der Waals surface area contributed by atoms with Crippen molar-refractivity contribution in [3.8, 4) is 11.6 Å². The van der Waals surface area contributed by atoms with E-state index in [-0.39, 0.29) is 11.6 Å². The minimum Gasteiger partial charge on any atom is -0.438 e. The Kier molecular flexibility index (Phi) is 4.72.